The minimum Gasteiger partial charge on any atom is -0.391 e. The van der Waals surface area contributed by atoms with E-state index in [2.05, 4.69) is 15.9 Å². The second kappa shape index (κ2) is 3.49. The third-order valence-electron chi connectivity index (χ3n) is 2.39. The average Bonchev–Trinajstić information content (AvgIpc) is 2.28. The van der Waals surface area contributed by atoms with Crippen LogP contribution in [0.25, 0.3) is 0 Å². The SMILES string of the molecule is CC1(C)CN(S(=O)(=O)CBr)CC1O. The Morgan fingerprint density at radius 2 is 2.15 bits per heavy atom. The molecule has 13 heavy (non-hydrogen) atoms. The minimum absolute atomic E-state index is 0.0806. The molecule has 0 saturated carbocycles. The van der Waals surface area contributed by atoms with E-state index in [-0.39, 0.29) is 16.6 Å². The van der Waals surface area contributed by atoms with E-state index in [1.165, 1.54) is 4.31 Å². The van der Waals surface area contributed by atoms with Gasteiger partial charge in [0, 0.05) is 18.5 Å². The number of nitrogens with zero attached hydrogens (tertiary/aromatic N) is 1. The molecule has 0 aromatic heterocycles. The van der Waals surface area contributed by atoms with Crippen LogP contribution in [0.2, 0.25) is 0 Å². The highest BCUT2D eigenvalue weighted by atomic mass is 79.9. The lowest BCUT2D eigenvalue weighted by Gasteiger charge is -2.20. The van der Waals surface area contributed by atoms with Gasteiger partial charge in [-0.25, -0.2) is 8.42 Å². The molecule has 0 spiro atoms. The molecule has 4 nitrogen and oxygen atoms in total. The van der Waals surface area contributed by atoms with Crippen molar-refractivity contribution in [1.29, 1.82) is 0 Å². The second-order valence-corrected chi connectivity index (χ2v) is 7.29. The number of sulfonamides is 1. The third-order valence-corrected chi connectivity index (χ3v) is 5.47. The topological polar surface area (TPSA) is 57.6 Å². The van der Waals surface area contributed by atoms with Crippen molar-refractivity contribution in [2.75, 3.05) is 17.8 Å². The van der Waals surface area contributed by atoms with Gasteiger partial charge >= 0.3 is 0 Å². The van der Waals surface area contributed by atoms with Gasteiger partial charge < -0.3 is 5.11 Å². The number of rotatable bonds is 2. The van der Waals surface area contributed by atoms with Gasteiger partial charge in [0.1, 0.15) is 4.66 Å². The molecule has 1 rings (SSSR count). The van der Waals surface area contributed by atoms with Crippen LogP contribution in [0.1, 0.15) is 13.8 Å². The largest absolute Gasteiger partial charge is 0.391 e. The number of β-amino-alcohol motifs (C(OH)–C–C–N with tert-alkyl or cyclic N) is 1. The smallest absolute Gasteiger partial charge is 0.224 e. The molecule has 0 aliphatic carbocycles. The lowest BCUT2D eigenvalue weighted by molar-refractivity contribution is 0.0960. The quantitative estimate of drug-likeness (QED) is 0.739. The fourth-order valence-corrected chi connectivity index (χ4v) is 3.25. The molecule has 78 valence electrons. The van der Waals surface area contributed by atoms with Gasteiger partial charge in [-0.2, -0.15) is 4.31 Å². The van der Waals surface area contributed by atoms with Gasteiger partial charge in [0.05, 0.1) is 6.10 Å². The van der Waals surface area contributed by atoms with E-state index < -0.39 is 16.1 Å². The normalized spacial score (nSPS) is 29.4. The fraction of sp³-hybridized carbons (Fsp3) is 1.00. The molecule has 1 aliphatic heterocycles. The summed E-state index contributed by atoms with van der Waals surface area (Å²) in [5.74, 6) is 0. The van der Waals surface area contributed by atoms with E-state index in [9.17, 15) is 13.5 Å². The highest BCUT2D eigenvalue weighted by molar-refractivity contribution is 9.10. The van der Waals surface area contributed by atoms with E-state index in [0.29, 0.717) is 6.54 Å². The van der Waals surface area contributed by atoms with Crippen LogP contribution in [-0.4, -0.2) is 41.7 Å². The predicted octanol–water partition coefficient (Wildman–Crippen LogP) is 0.371. The average molecular weight is 272 g/mol. The molecule has 0 bridgehead atoms. The summed E-state index contributed by atoms with van der Waals surface area (Å²) in [5.41, 5.74) is -0.338. The van der Waals surface area contributed by atoms with E-state index in [4.69, 9.17) is 0 Å². The molecular weight excluding hydrogens is 258 g/mol. The van der Waals surface area contributed by atoms with E-state index in [0.717, 1.165) is 0 Å². The minimum atomic E-state index is -3.21. The van der Waals surface area contributed by atoms with Crippen LogP contribution in [0, 0.1) is 5.41 Å². The molecule has 0 aromatic carbocycles. The highest BCUT2D eigenvalue weighted by Crippen LogP contribution is 2.31. The fourth-order valence-electron chi connectivity index (χ4n) is 1.35. The summed E-state index contributed by atoms with van der Waals surface area (Å²) in [4.78, 5) is 0. The Morgan fingerprint density at radius 1 is 1.62 bits per heavy atom. The Labute approximate surface area is 87.1 Å². The van der Waals surface area contributed by atoms with Crippen LogP contribution in [-0.2, 0) is 10.0 Å². The summed E-state index contributed by atoms with van der Waals surface area (Å²) >= 11 is 2.93. The zero-order valence-corrected chi connectivity index (χ0v) is 10.1. The Morgan fingerprint density at radius 3 is 2.46 bits per heavy atom. The van der Waals surface area contributed by atoms with E-state index in [1.54, 1.807) is 0 Å². The molecule has 0 amide bonds. The van der Waals surface area contributed by atoms with Gasteiger partial charge in [-0.3, -0.25) is 0 Å². The zero-order valence-electron chi connectivity index (χ0n) is 7.70. The van der Waals surface area contributed by atoms with Crippen LogP contribution < -0.4 is 0 Å². The maximum absolute atomic E-state index is 11.4. The molecule has 1 fully saturated rings. The van der Waals surface area contributed by atoms with Crippen molar-refractivity contribution < 1.29 is 13.5 Å². The third kappa shape index (κ3) is 2.23. The Balaban J connectivity index is 2.81. The van der Waals surface area contributed by atoms with Crippen LogP contribution in [0.5, 0.6) is 0 Å². The first kappa shape index (κ1) is 11.4. The van der Waals surface area contributed by atoms with Crippen molar-refractivity contribution in [1.82, 2.24) is 4.31 Å². The summed E-state index contributed by atoms with van der Waals surface area (Å²) in [6.07, 6.45) is -0.568. The van der Waals surface area contributed by atoms with Crippen molar-refractivity contribution in [3.05, 3.63) is 0 Å². The molecule has 1 unspecified atom stereocenters. The first-order valence-corrected chi connectivity index (χ1v) is 6.74. The molecule has 1 atom stereocenters. The first-order valence-electron chi connectivity index (χ1n) is 4.01. The molecule has 1 heterocycles. The van der Waals surface area contributed by atoms with Gasteiger partial charge in [0.25, 0.3) is 0 Å². The number of hydrogen-bond donors (Lipinski definition) is 1. The molecule has 6 heteroatoms. The van der Waals surface area contributed by atoms with Crippen molar-refractivity contribution in [3.8, 4) is 0 Å². The van der Waals surface area contributed by atoms with E-state index in [1.807, 2.05) is 13.8 Å². The first-order chi connectivity index (χ1) is 5.79. The molecule has 0 radical (unpaired) electrons. The maximum Gasteiger partial charge on any atom is 0.224 e. The number of aliphatic hydroxyl groups is 1. The molecule has 1 N–H and O–H groups in total. The number of halogens is 1. The summed E-state index contributed by atoms with van der Waals surface area (Å²) in [6, 6.07) is 0. The van der Waals surface area contributed by atoms with Crippen LogP contribution >= 0.6 is 15.9 Å². The van der Waals surface area contributed by atoms with Crippen molar-refractivity contribution >= 4 is 26.0 Å². The molecular formula is C7H14BrNO3S. The highest BCUT2D eigenvalue weighted by Gasteiger charge is 2.42. The Bertz CT molecular complexity index is 288. The molecule has 1 saturated heterocycles. The summed E-state index contributed by atoms with van der Waals surface area (Å²) in [6.45, 7) is 4.33. The zero-order chi connectivity index (χ0) is 10.3. The number of alkyl halides is 1. The van der Waals surface area contributed by atoms with Crippen LogP contribution in [0.4, 0.5) is 0 Å². The number of hydrogen-bond acceptors (Lipinski definition) is 3. The van der Waals surface area contributed by atoms with Gasteiger partial charge in [-0.05, 0) is 0 Å². The van der Waals surface area contributed by atoms with Gasteiger partial charge in [-0.15, -0.1) is 0 Å². The van der Waals surface area contributed by atoms with Crippen molar-refractivity contribution in [2.24, 2.45) is 5.41 Å². The van der Waals surface area contributed by atoms with Crippen molar-refractivity contribution in [3.63, 3.8) is 0 Å². The van der Waals surface area contributed by atoms with Crippen molar-refractivity contribution in [2.45, 2.75) is 20.0 Å². The Kier molecular flexibility index (Phi) is 3.07. The monoisotopic (exact) mass is 271 g/mol. The lowest BCUT2D eigenvalue weighted by Crippen LogP contribution is -2.30. The van der Waals surface area contributed by atoms with E-state index >= 15 is 0 Å². The maximum atomic E-state index is 11.4. The standard InChI is InChI=1S/C7H14BrNO3S/c1-7(2)4-9(3-6(7)10)13(11,12)5-8/h6,10H,3-5H2,1-2H3. The lowest BCUT2D eigenvalue weighted by atomic mass is 9.90. The van der Waals surface area contributed by atoms with Gasteiger partial charge in [0.15, 0.2) is 0 Å². The predicted molar refractivity (Wildman–Crippen MR) is 54.1 cm³/mol. The molecule has 0 aromatic rings. The summed E-state index contributed by atoms with van der Waals surface area (Å²) in [5, 5.41) is 9.56. The summed E-state index contributed by atoms with van der Waals surface area (Å²) < 4.78 is 24.1. The summed E-state index contributed by atoms with van der Waals surface area (Å²) in [7, 11) is -3.21. The van der Waals surface area contributed by atoms with Crippen LogP contribution in [0.3, 0.4) is 0 Å². The second-order valence-electron chi connectivity index (χ2n) is 4.02. The van der Waals surface area contributed by atoms with Gasteiger partial charge in [0.2, 0.25) is 10.0 Å². The van der Waals surface area contributed by atoms with Gasteiger partial charge in [-0.1, -0.05) is 29.8 Å². The number of aliphatic hydroxyl groups excluding tert-OH is 1. The molecule has 1 aliphatic rings. The Hall–Kier alpha value is 0.350. The van der Waals surface area contributed by atoms with Crippen LogP contribution in [0.15, 0.2) is 0 Å².